The first-order valence-corrected chi connectivity index (χ1v) is 8.54. The molecule has 0 bridgehead atoms. The van der Waals surface area contributed by atoms with Crippen LogP contribution in [-0.4, -0.2) is 42.0 Å². The number of carbonyl (C=O) groups excluding carboxylic acids is 1. The van der Waals surface area contributed by atoms with Gasteiger partial charge in [0.25, 0.3) is 5.91 Å². The number of amides is 1. The van der Waals surface area contributed by atoms with Gasteiger partial charge in [-0.2, -0.15) is 0 Å². The Morgan fingerprint density at radius 3 is 2.80 bits per heavy atom. The van der Waals surface area contributed by atoms with Crippen LogP contribution < -0.4 is 10.7 Å². The Morgan fingerprint density at radius 1 is 1.24 bits per heavy atom. The van der Waals surface area contributed by atoms with Gasteiger partial charge in [0.1, 0.15) is 16.8 Å². The van der Waals surface area contributed by atoms with E-state index in [0.29, 0.717) is 24.4 Å². The number of piperazine rings is 1. The molecule has 6 heteroatoms. The molecule has 3 aliphatic rings. The molecule has 0 atom stereocenters. The maximum atomic E-state index is 12.9. The molecule has 1 aromatic rings. The molecule has 0 unspecified atom stereocenters. The highest BCUT2D eigenvalue weighted by molar-refractivity contribution is 6.00. The van der Waals surface area contributed by atoms with Crippen LogP contribution in [0.15, 0.2) is 39.5 Å². The van der Waals surface area contributed by atoms with Crippen LogP contribution in [0.25, 0.3) is 22.6 Å². The number of benzene rings is 2. The van der Waals surface area contributed by atoms with E-state index < -0.39 is 0 Å². The summed E-state index contributed by atoms with van der Waals surface area (Å²) in [6, 6.07) is 8.81. The van der Waals surface area contributed by atoms with Gasteiger partial charge in [-0.05, 0) is 36.2 Å². The summed E-state index contributed by atoms with van der Waals surface area (Å²) >= 11 is 0. The number of nitrogens with zero attached hydrogens (tertiary/aromatic N) is 2. The second-order valence-electron chi connectivity index (χ2n) is 6.20. The summed E-state index contributed by atoms with van der Waals surface area (Å²) in [4.78, 5) is 31.6. The summed E-state index contributed by atoms with van der Waals surface area (Å²) in [6.07, 6.45) is 0.905. The zero-order valence-electron chi connectivity index (χ0n) is 14.0. The van der Waals surface area contributed by atoms with Gasteiger partial charge >= 0.3 is 0 Å². The molecule has 1 aromatic carbocycles. The van der Waals surface area contributed by atoms with E-state index in [4.69, 9.17) is 4.42 Å². The van der Waals surface area contributed by atoms with E-state index >= 15 is 0 Å². The van der Waals surface area contributed by atoms with Crippen LogP contribution in [0, 0.1) is 0 Å². The van der Waals surface area contributed by atoms with Crippen LogP contribution in [0.2, 0.25) is 0 Å². The molecule has 2 aliphatic heterocycles. The third kappa shape index (κ3) is 2.78. The van der Waals surface area contributed by atoms with Gasteiger partial charge in [-0.3, -0.25) is 9.59 Å². The van der Waals surface area contributed by atoms with Crippen molar-refractivity contribution in [1.82, 2.24) is 15.2 Å². The normalized spacial score (nSPS) is 15.0. The molecule has 2 heterocycles. The van der Waals surface area contributed by atoms with Gasteiger partial charge < -0.3 is 14.6 Å². The predicted octanol–water partition coefficient (Wildman–Crippen LogP) is 1.90. The monoisotopic (exact) mass is 337 g/mol. The van der Waals surface area contributed by atoms with E-state index in [1.54, 1.807) is 11.0 Å². The quantitative estimate of drug-likeness (QED) is 0.723. The van der Waals surface area contributed by atoms with Crippen molar-refractivity contribution in [3.05, 3.63) is 51.7 Å². The van der Waals surface area contributed by atoms with Crippen LogP contribution >= 0.6 is 0 Å². The van der Waals surface area contributed by atoms with Gasteiger partial charge in [0, 0.05) is 26.2 Å². The molecule has 1 amide bonds. The lowest BCUT2D eigenvalue weighted by molar-refractivity contribution is 0.0733. The number of fused-ring (bicyclic) bond motifs is 2. The lowest BCUT2D eigenvalue weighted by Gasteiger charge is -2.27. The Hall–Kier alpha value is -2.73. The van der Waals surface area contributed by atoms with Crippen molar-refractivity contribution in [2.45, 2.75) is 13.3 Å². The van der Waals surface area contributed by atoms with Gasteiger partial charge in [0.15, 0.2) is 16.8 Å². The molecule has 0 aromatic heterocycles. The maximum absolute atomic E-state index is 12.9. The molecule has 0 saturated carbocycles. The maximum Gasteiger partial charge on any atom is 0.261 e. The molecule has 1 fully saturated rings. The Morgan fingerprint density at radius 2 is 2.04 bits per heavy atom. The van der Waals surface area contributed by atoms with E-state index in [9.17, 15) is 9.59 Å². The predicted molar refractivity (Wildman–Crippen MR) is 95.1 cm³/mol. The highest BCUT2D eigenvalue weighted by Gasteiger charge is 2.27. The van der Waals surface area contributed by atoms with Gasteiger partial charge in [0.2, 0.25) is 0 Å². The Labute approximate surface area is 144 Å². The first-order valence-electron chi connectivity index (χ1n) is 8.54. The zero-order valence-corrected chi connectivity index (χ0v) is 14.0. The third-order valence-corrected chi connectivity index (χ3v) is 4.60. The summed E-state index contributed by atoms with van der Waals surface area (Å²) in [5.41, 5.74) is 2.74. The summed E-state index contributed by atoms with van der Waals surface area (Å²) in [5, 5.41) is 3.20. The largest absolute Gasteiger partial charge is 0.452 e. The summed E-state index contributed by atoms with van der Waals surface area (Å²) in [5.74, 6) is -0.0139. The highest BCUT2D eigenvalue weighted by Crippen LogP contribution is 2.28. The van der Waals surface area contributed by atoms with Gasteiger partial charge in [0.05, 0.1) is 0 Å². The average molecular weight is 337 g/mol. The molecular weight excluding hydrogens is 318 g/mol. The van der Waals surface area contributed by atoms with Crippen molar-refractivity contribution in [2.24, 2.45) is 0 Å². The van der Waals surface area contributed by atoms with Crippen molar-refractivity contribution in [2.75, 3.05) is 26.2 Å². The Balaban J connectivity index is 1.89. The second-order valence-corrected chi connectivity index (χ2v) is 6.20. The Kier molecular flexibility index (Phi) is 3.97. The Bertz CT molecular complexity index is 973. The van der Waals surface area contributed by atoms with E-state index in [2.05, 4.69) is 17.2 Å². The molecule has 1 saturated heterocycles. The minimum atomic E-state index is -0.328. The van der Waals surface area contributed by atoms with Crippen LogP contribution in [0.1, 0.15) is 22.8 Å². The van der Waals surface area contributed by atoms with Crippen molar-refractivity contribution in [1.29, 1.82) is 0 Å². The number of hydrogen-bond acceptors (Lipinski definition) is 5. The van der Waals surface area contributed by atoms with Crippen molar-refractivity contribution >= 4 is 17.0 Å². The van der Waals surface area contributed by atoms with Crippen molar-refractivity contribution in [3.63, 3.8) is 0 Å². The number of aromatic nitrogens is 1. The van der Waals surface area contributed by atoms with E-state index in [0.717, 1.165) is 30.6 Å². The minimum absolute atomic E-state index is 0.0772. The minimum Gasteiger partial charge on any atom is -0.452 e. The molecule has 1 aliphatic carbocycles. The first kappa shape index (κ1) is 15.8. The van der Waals surface area contributed by atoms with Crippen LogP contribution in [0.3, 0.4) is 0 Å². The standard InChI is InChI=1S/C19H19N3O3/c1-2-12-3-6-16-14(11-12)21-13-4-5-15(23)17(18(13)25-16)19(24)22-9-7-20-8-10-22/h3-6,11,20H,2,7-10H2,1H3. The number of carbonyl (C=O) groups is 1. The average Bonchev–Trinajstić information content (AvgIpc) is 2.66. The molecule has 0 spiro atoms. The summed E-state index contributed by atoms with van der Waals surface area (Å²) in [6.45, 7) is 4.68. The smallest absolute Gasteiger partial charge is 0.261 e. The van der Waals surface area contributed by atoms with Gasteiger partial charge in [-0.1, -0.05) is 13.0 Å². The van der Waals surface area contributed by atoms with Gasteiger partial charge in [-0.25, -0.2) is 4.98 Å². The lowest BCUT2D eigenvalue weighted by atomic mass is 10.1. The SMILES string of the molecule is CCc1ccc2oc3c(C(=O)N4CCNCC4)c(=O)ccc-3nc2c1. The van der Waals surface area contributed by atoms with Crippen molar-refractivity contribution < 1.29 is 9.21 Å². The third-order valence-electron chi connectivity index (χ3n) is 4.60. The lowest BCUT2D eigenvalue weighted by Crippen LogP contribution is -2.47. The number of nitrogens with one attached hydrogen (secondary N) is 1. The molecule has 4 rings (SSSR count). The number of hydrogen-bond donors (Lipinski definition) is 1. The fraction of sp³-hybridized carbons (Fsp3) is 0.316. The van der Waals surface area contributed by atoms with E-state index in [1.807, 2.05) is 18.2 Å². The summed E-state index contributed by atoms with van der Waals surface area (Å²) in [7, 11) is 0. The molecule has 25 heavy (non-hydrogen) atoms. The molecular formula is C19H19N3O3. The van der Waals surface area contributed by atoms with E-state index in [1.165, 1.54) is 6.07 Å². The van der Waals surface area contributed by atoms with Crippen LogP contribution in [-0.2, 0) is 6.42 Å². The van der Waals surface area contributed by atoms with E-state index in [-0.39, 0.29) is 22.7 Å². The van der Waals surface area contributed by atoms with Crippen molar-refractivity contribution in [3.8, 4) is 11.5 Å². The fourth-order valence-corrected chi connectivity index (χ4v) is 3.17. The summed E-state index contributed by atoms with van der Waals surface area (Å²) < 4.78 is 5.94. The fourth-order valence-electron chi connectivity index (χ4n) is 3.17. The molecule has 0 radical (unpaired) electrons. The molecule has 6 nitrogen and oxygen atoms in total. The molecule has 1 N–H and O–H groups in total. The number of aryl methyl sites for hydroxylation is 1. The van der Waals surface area contributed by atoms with Crippen LogP contribution in [0.5, 0.6) is 0 Å². The molecule has 128 valence electrons. The van der Waals surface area contributed by atoms with Gasteiger partial charge in [-0.15, -0.1) is 0 Å². The zero-order chi connectivity index (χ0) is 17.4. The van der Waals surface area contributed by atoms with Crippen LogP contribution in [0.4, 0.5) is 0 Å². The first-order chi connectivity index (χ1) is 12.2. The highest BCUT2D eigenvalue weighted by atomic mass is 16.3. The number of rotatable bonds is 2. The second kappa shape index (κ2) is 6.29. The topological polar surface area (TPSA) is 75.4 Å².